The van der Waals surface area contributed by atoms with Crippen molar-refractivity contribution in [3.63, 3.8) is 0 Å². The van der Waals surface area contributed by atoms with E-state index >= 15 is 0 Å². The fraction of sp³-hybridized carbons (Fsp3) is 0.538. The Balaban J connectivity index is 2.36. The van der Waals surface area contributed by atoms with E-state index in [9.17, 15) is 4.39 Å². The summed E-state index contributed by atoms with van der Waals surface area (Å²) in [6.07, 6.45) is 4.59. The predicted octanol–water partition coefficient (Wildman–Crippen LogP) is 3.86. The largest absolute Gasteiger partial charge is 0.308 e. The van der Waals surface area contributed by atoms with Gasteiger partial charge in [0.25, 0.3) is 0 Å². The fourth-order valence-electron chi connectivity index (χ4n) is 2.38. The summed E-state index contributed by atoms with van der Waals surface area (Å²) < 4.78 is 13.3. The summed E-state index contributed by atoms with van der Waals surface area (Å²) in [6.45, 7) is 3.09. The highest BCUT2D eigenvalue weighted by atomic mass is 35.5. The van der Waals surface area contributed by atoms with Gasteiger partial charge in [-0.05, 0) is 50.1 Å². The lowest BCUT2D eigenvalue weighted by molar-refractivity contribution is 0.358. The Bertz CT molecular complexity index is 370. The number of hydrogen-bond donors (Lipinski definition) is 1. The van der Waals surface area contributed by atoms with Crippen LogP contribution in [0.15, 0.2) is 18.2 Å². The van der Waals surface area contributed by atoms with Gasteiger partial charge in [-0.3, -0.25) is 0 Å². The molecular weight excluding hydrogens is 225 g/mol. The number of rotatable bonds is 1. The van der Waals surface area contributed by atoms with Gasteiger partial charge in [-0.15, -0.1) is 0 Å². The van der Waals surface area contributed by atoms with Crippen LogP contribution in [0.5, 0.6) is 0 Å². The maximum absolute atomic E-state index is 13.3. The van der Waals surface area contributed by atoms with Crippen molar-refractivity contribution in [3.8, 4) is 0 Å². The maximum Gasteiger partial charge on any atom is 0.123 e. The first-order chi connectivity index (χ1) is 7.62. The van der Waals surface area contributed by atoms with Gasteiger partial charge in [-0.2, -0.15) is 0 Å². The lowest BCUT2D eigenvalue weighted by Gasteiger charge is -2.31. The van der Waals surface area contributed by atoms with E-state index in [4.69, 9.17) is 11.6 Å². The Morgan fingerprint density at radius 1 is 1.31 bits per heavy atom. The first kappa shape index (κ1) is 11.9. The second-order valence-corrected chi connectivity index (χ2v) is 5.10. The average Bonchev–Trinajstić information content (AvgIpc) is 2.48. The SMILES string of the molecule is CC1(c2cc(F)ccc2Cl)CCCCCN1. The first-order valence-electron chi connectivity index (χ1n) is 5.82. The average molecular weight is 242 g/mol. The molecule has 0 spiro atoms. The molecule has 1 aliphatic rings. The molecule has 1 fully saturated rings. The van der Waals surface area contributed by atoms with Crippen molar-refractivity contribution in [2.75, 3.05) is 6.54 Å². The quantitative estimate of drug-likeness (QED) is 0.787. The fourth-order valence-corrected chi connectivity index (χ4v) is 2.71. The molecule has 0 radical (unpaired) electrons. The molecule has 0 bridgehead atoms. The Morgan fingerprint density at radius 2 is 2.12 bits per heavy atom. The van der Waals surface area contributed by atoms with Gasteiger partial charge in [-0.1, -0.05) is 24.4 Å². The topological polar surface area (TPSA) is 12.0 Å². The molecule has 0 aromatic heterocycles. The standard InChI is InChI=1S/C13H17ClFN/c1-13(7-3-2-4-8-16-13)11-9-10(15)5-6-12(11)14/h5-6,9,16H,2-4,7-8H2,1H3. The van der Waals surface area contributed by atoms with Gasteiger partial charge in [-0.25, -0.2) is 4.39 Å². The molecule has 0 amide bonds. The van der Waals surface area contributed by atoms with E-state index in [1.807, 2.05) is 0 Å². The van der Waals surface area contributed by atoms with Crippen LogP contribution in [0.3, 0.4) is 0 Å². The Hall–Kier alpha value is -0.600. The van der Waals surface area contributed by atoms with Gasteiger partial charge in [0.1, 0.15) is 5.82 Å². The maximum atomic E-state index is 13.3. The van der Waals surface area contributed by atoms with Gasteiger partial charge in [0.2, 0.25) is 0 Å². The summed E-state index contributed by atoms with van der Waals surface area (Å²) >= 11 is 6.17. The molecule has 1 aromatic carbocycles. The molecule has 2 rings (SSSR count). The summed E-state index contributed by atoms with van der Waals surface area (Å²) in [5.41, 5.74) is 0.700. The summed E-state index contributed by atoms with van der Waals surface area (Å²) in [6, 6.07) is 4.61. The smallest absolute Gasteiger partial charge is 0.123 e. The Morgan fingerprint density at radius 3 is 2.94 bits per heavy atom. The zero-order valence-corrected chi connectivity index (χ0v) is 10.3. The van der Waals surface area contributed by atoms with Crippen LogP contribution in [0.2, 0.25) is 5.02 Å². The lowest BCUT2D eigenvalue weighted by atomic mass is 9.87. The highest BCUT2D eigenvalue weighted by Crippen LogP contribution is 2.34. The normalized spacial score (nSPS) is 26.4. The van der Waals surface area contributed by atoms with Crippen LogP contribution in [0.4, 0.5) is 4.39 Å². The Labute approximate surface area is 101 Å². The van der Waals surface area contributed by atoms with E-state index in [1.54, 1.807) is 12.1 Å². The molecule has 16 heavy (non-hydrogen) atoms. The van der Waals surface area contributed by atoms with Crippen LogP contribution < -0.4 is 5.32 Å². The molecule has 1 heterocycles. The molecule has 3 heteroatoms. The van der Waals surface area contributed by atoms with Gasteiger partial charge in [0.15, 0.2) is 0 Å². The van der Waals surface area contributed by atoms with Crippen molar-refractivity contribution in [2.45, 2.75) is 38.1 Å². The molecule has 1 atom stereocenters. The Kier molecular flexibility index (Phi) is 3.50. The van der Waals surface area contributed by atoms with Crippen molar-refractivity contribution in [3.05, 3.63) is 34.6 Å². The third-order valence-corrected chi connectivity index (χ3v) is 3.72. The van der Waals surface area contributed by atoms with E-state index in [1.165, 1.54) is 18.9 Å². The number of hydrogen-bond acceptors (Lipinski definition) is 1. The minimum Gasteiger partial charge on any atom is -0.308 e. The number of halogens is 2. The van der Waals surface area contributed by atoms with Gasteiger partial charge in [0, 0.05) is 10.6 Å². The summed E-state index contributed by atoms with van der Waals surface area (Å²) in [5.74, 6) is -0.216. The van der Waals surface area contributed by atoms with Crippen LogP contribution in [0.25, 0.3) is 0 Å². The summed E-state index contributed by atoms with van der Waals surface area (Å²) in [5, 5.41) is 4.14. The van der Waals surface area contributed by atoms with Crippen LogP contribution >= 0.6 is 11.6 Å². The third kappa shape index (κ3) is 2.38. The highest BCUT2D eigenvalue weighted by molar-refractivity contribution is 6.31. The molecule has 0 aliphatic carbocycles. The van der Waals surface area contributed by atoms with Crippen molar-refractivity contribution in [2.24, 2.45) is 0 Å². The van der Waals surface area contributed by atoms with Gasteiger partial charge in [0.05, 0.1) is 0 Å². The van der Waals surface area contributed by atoms with E-state index in [-0.39, 0.29) is 11.4 Å². The van der Waals surface area contributed by atoms with Crippen molar-refractivity contribution < 1.29 is 4.39 Å². The molecule has 1 unspecified atom stereocenters. The minimum absolute atomic E-state index is 0.185. The second kappa shape index (κ2) is 4.72. The zero-order valence-electron chi connectivity index (χ0n) is 9.52. The third-order valence-electron chi connectivity index (χ3n) is 3.39. The number of nitrogens with one attached hydrogen (secondary N) is 1. The van der Waals surface area contributed by atoms with E-state index in [0.717, 1.165) is 24.9 Å². The van der Waals surface area contributed by atoms with Gasteiger partial charge < -0.3 is 5.32 Å². The molecule has 0 saturated carbocycles. The molecule has 88 valence electrons. The van der Waals surface area contributed by atoms with E-state index in [0.29, 0.717) is 5.02 Å². The van der Waals surface area contributed by atoms with Crippen LogP contribution in [0, 0.1) is 5.82 Å². The number of benzene rings is 1. The first-order valence-corrected chi connectivity index (χ1v) is 6.20. The monoisotopic (exact) mass is 241 g/mol. The molecule has 1 nitrogen and oxygen atoms in total. The molecule has 1 saturated heterocycles. The van der Waals surface area contributed by atoms with Crippen LogP contribution in [-0.2, 0) is 5.54 Å². The van der Waals surface area contributed by atoms with Crippen LogP contribution in [0.1, 0.15) is 38.2 Å². The lowest BCUT2D eigenvalue weighted by Crippen LogP contribution is -2.39. The molecule has 1 aromatic rings. The molecule has 1 aliphatic heterocycles. The highest BCUT2D eigenvalue weighted by Gasteiger charge is 2.29. The van der Waals surface area contributed by atoms with Crippen molar-refractivity contribution in [1.29, 1.82) is 0 Å². The molecular formula is C13H17ClFN. The summed E-state index contributed by atoms with van der Waals surface area (Å²) in [7, 11) is 0. The zero-order chi connectivity index (χ0) is 11.6. The predicted molar refractivity (Wildman–Crippen MR) is 65.2 cm³/mol. The summed E-state index contributed by atoms with van der Waals surface area (Å²) in [4.78, 5) is 0. The van der Waals surface area contributed by atoms with Crippen molar-refractivity contribution >= 4 is 11.6 Å². The van der Waals surface area contributed by atoms with E-state index < -0.39 is 0 Å². The van der Waals surface area contributed by atoms with E-state index in [2.05, 4.69) is 12.2 Å². The molecule has 1 N–H and O–H groups in total. The second-order valence-electron chi connectivity index (χ2n) is 4.69. The van der Waals surface area contributed by atoms with Crippen molar-refractivity contribution in [1.82, 2.24) is 5.32 Å². The van der Waals surface area contributed by atoms with Crippen LogP contribution in [-0.4, -0.2) is 6.54 Å². The minimum atomic E-state index is -0.216. The van der Waals surface area contributed by atoms with Gasteiger partial charge >= 0.3 is 0 Å².